The van der Waals surface area contributed by atoms with Crippen molar-refractivity contribution in [3.05, 3.63) is 0 Å². The molecule has 1 unspecified atom stereocenters. The minimum atomic E-state index is -0.736. The Morgan fingerprint density at radius 1 is 1.88 bits per heavy atom. The van der Waals surface area contributed by atoms with E-state index in [1.807, 2.05) is 0 Å². The van der Waals surface area contributed by atoms with E-state index in [-0.39, 0.29) is 12.5 Å². The summed E-state index contributed by atoms with van der Waals surface area (Å²) in [4.78, 5) is 9.88. The molecule has 1 aliphatic heterocycles. The summed E-state index contributed by atoms with van der Waals surface area (Å²) in [5.74, 6) is -0.736. The van der Waals surface area contributed by atoms with Gasteiger partial charge in [-0.15, -0.1) is 0 Å². The maximum Gasteiger partial charge on any atom is 0.303 e. The highest BCUT2D eigenvalue weighted by Gasteiger charge is 2.22. The first-order valence-electron chi connectivity index (χ1n) is 2.62. The summed E-state index contributed by atoms with van der Waals surface area (Å²) in [5.41, 5.74) is 0. The smallest absolute Gasteiger partial charge is 0.303 e. The number of rotatable bonds is 3. The Morgan fingerprint density at radius 3 is 2.88 bits per heavy atom. The molecule has 0 aromatic heterocycles. The summed E-state index contributed by atoms with van der Waals surface area (Å²) < 4.78 is 4.80. The molecular formula is C5H8O3. The normalized spacial score (nSPS) is 25.2. The predicted molar refractivity (Wildman–Crippen MR) is 26.6 cm³/mol. The lowest BCUT2D eigenvalue weighted by Crippen LogP contribution is -1.96. The van der Waals surface area contributed by atoms with Crippen molar-refractivity contribution in [1.82, 2.24) is 0 Å². The summed E-state index contributed by atoms with van der Waals surface area (Å²) in [6.45, 7) is 0.757. The fourth-order valence-corrected chi connectivity index (χ4v) is 0.519. The second-order valence-electron chi connectivity index (χ2n) is 1.89. The predicted octanol–water partition coefficient (Wildman–Crippen LogP) is 0.250. The van der Waals surface area contributed by atoms with E-state index in [1.54, 1.807) is 0 Å². The Labute approximate surface area is 47.3 Å². The van der Waals surface area contributed by atoms with Crippen LogP contribution in [0.2, 0.25) is 0 Å². The van der Waals surface area contributed by atoms with Crippen molar-refractivity contribution in [3.8, 4) is 0 Å². The van der Waals surface area contributed by atoms with Crippen molar-refractivity contribution in [2.75, 3.05) is 6.61 Å². The van der Waals surface area contributed by atoms with Gasteiger partial charge in [0.2, 0.25) is 0 Å². The van der Waals surface area contributed by atoms with Crippen molar-refractivity contribution in [1.29, 1.82) is 0 Å². The Morgan fingerprint density at radius 2 is 2.50 bits per heavy atom. The highest BCUT2D eigenvalue weighted by molar-refractivity contribution is 5.66. The van der Waals surface area contributed by atoms with Crippen LogP contribution in [0.5, 0.6) is 0 Å². The van der Waals surface area contributed by atoms with Crippen LogP contribution in [0.4, 0.5) is 0 Å². The van der Waals surface area contributed by atoms with Crippen LogP contribution in [0.1, 0.15) is 12.8 Å². The molecule has 3 nitrogen and oxygen atoms in total. The van der Waals surface area contributed by atoms with Crippen LogP contribution in [-0.4, -0.2) is 23.8 Å². The molecule has 0 radical (unpaired) electrons. The number of hydrogen-bond donors (Lipinski definition) is 1. The molecule has 1 aliphatic rings. The summed E-state index contributed by atoms with van der Waals surface area (Å²) in [6.07, 6.45) is 1.17. The largest absolute Gasteiger partial charge is 0.481 e. The number of carboxylic acid groups (broad SMARTS) is 1. The second-order valence-corrected chi connectivity index (χ2v) is 1.89. The van der Waals surface area contributed by atoms with Crippen LogP contribution < -0.4 is 0 Å². The van der Waals surface area contributed by atoms with E-state index in [0.717, 1.165) is 6.61 Å². The van der Waals surface area contributed by atoms with E-state index in [0.29, 0.717) is 6.42 Å². The third-order valence-electron chi connectivity index (χ3n) is 1.08. The number of aliphatic carboxylic acids is 1. The van der Waals surface area contributed by atoms with Gasteiger partial charge in [0.25, 0.3) is 0 Å². The summed E-state index contributed by atoms with van der Waals surface area (Å²) in [7, 11) is 0. The summed E-state index contributed by atoms with van der Waals surface area (Å²) in [6, 6.07) is 0. The van der Waals surface area contributed by atoms with E-state index >= 15 is 0 Å². The monoisotopic (exact) mass is 116 g/mol. The van der Waals surface area contributed by atoms with Gasteiger partial charge in [-0.25, -0.2) is 0 Å². The van der Waals surface area contributed by atoms with E-state index in [9.17, 15) is 4.79 Å². The molecule has 1 N–H and O–H groups in total. The molecular weight excluding hydrogens is 108 g/mol. The van der Waals surface area contributed by atoms with Crippen LogP contribution in [-0.2, 0) is 9.53 Å². The Kier molecular flexibility index (Phi) is 1.48. The van der Waals surface area contributed by atoms with Gasteiger partial charge in [-0.2, -0.15) is 0 Å². The highest BCUT2D eigenvalue weighted by atomic mass is 16.6. The molecule has 0 bridgehead atoms. The van der Waals surface area contributed by atoms with Gasteiger partial charge in [0.1, 0.15) is 0 Å². The fourth-order valence-electron chi connectivity index (χ4n) is 0.519. The first-order chi connectivity index (χ1) is 3.79. The number of epoxide rings is 1. The van der Waals surface area contributed by atoms with Crippen LogP contribution in [0, 0.1) is 0 Å². The SMILES string of the molecule is O=C(O)CCC1CO1. The first-order valence-corrected chi connectivity index (χ1v) is 2.62. The van der Waals surface area contributed by atoms with Gasteiger partial charge in [0, 0.05) is 6.42 Å². The van der Waals surface area contributed by atoms with Gasteiger partial charge in [0.15, 0.2) is 0 Å². The molecule has 1 rings (SSSR count). The van der Waals surface area contributed by atoms with Crippen molar-refractivity contribution in [2.24, 2.45) is 0 Å². The van der Waals surface area contributed by atoms with Crippen molar-refractivity contribution >= 4 is 5.97 Å². The van der Waals surface area contributed by atoms with Gasteiger partial charge in [0.05, 0.1) is 12.7 Å². The van der Waals surface area contributed by atoms with Crippen LogP contribution >= 0.6 is 0 Å². The van der Waals surface area contributed by atoms with Crippen molar-refractivity contribution in [3.63, 3.8) is 0 Å². The quantitative estimate of drug-likeness (QED) is 0.538. The maximum atomic E-state index is 9.88. The molecule has 46 valence electrons. The van der Waals surface area contributed by atoms with Gasteiger partial charge in [-0.05, 0) is 6.42 Å². The van der Waals surface area contributed by atoms with E-state index in [2.05, 4.69) is 0 Å². The third kappa shape index (κ3) is 1.93. The van der Waals surface area contributed by atoms with E-state index in [1.165, 1.54) is 0 Å². The summed E-state index contributed by atoms with van der Waals surface area (Å²) in [5, 5.41) is 8.13. The van der Waals surface area contributed by atoms with Crippen molar-refractivity contribution < 1.29 is 14.6 Å². The number of carbonyl (C=O) groups is 1. The Balaban J connectivity index is 1.95. The zero-order chi connectivity index (χ0) is 5.98. The summed E-state index contributed by atoms with van der Waals surface area (Å²) >= 11 is 0. The van der Waals surface area contributed by atoms with Gasteiger partial charge >= 0.3 is 5.97 Å². The highest BCUT2D eigenvalue weighted by Crippen LogP contribution is 2.14. The molecule has 0 aliphatic carbocycles. The van der Waals surface area contributed by atoms with Gasteiger partial charge < -0.3 is 9.84 Å². The molecule has 0 amide bonds. The topological polar surface area (TPSA) is 49.8 Å². The van der Waals surface area contributed by atoms with Crippen LogP contribution in [0.3, 0.4) is 0 Å². The molecule has 1 saturated heterocycles. The molecule has 1 fully saturated rings. The van der Waals surface area contributed by atoms with E-state index in [4.69, 9.17) is 9.84 Å². The number of ether oxygens (including phenoxy) is 1. The second kappa shape index (κ2) is 2.13. The molecule has 0 aromatic rings. The third-order valence-corrected chi connectivity index (χ3v) is 1.08. The van der Waals surface area contributed by atoms with E-state index < -0.39 is 5.97 Å². The maximum absolute atomic E-state index is 9.88. The molecule has 8 heavy (non-hydrogen) atoms. The van der Waals surface area contributed by atoms with Crippen molar-refractivity contribution in [2.45, 2.75) is 18.9 Å². The number of hydrogen-bond acceptors (Lipinski definition) is 2. The minimum absolute atomic E-state index is 0.241. The Hall–Kier alpha value is -0.570. The molecule has 3 heteroatoms. The number of carboxylic acids is 1. The molecule has 1 atom stereocenters. The molecule has 0 spiro atoms. The average molecular weight is 116 g/mol. The standard InChI is InChI=1S/C5H8O3/c6-5(7)2-1-4-3-8-4/h4H,1-3H2,(H,6,7). The van der Waals surface area contributed by atoms with Gasteiger partial charge in [-0.1, -0.05) is 0 Å². The lowest BCUT2D eigenvalue weighted by molar-refractivity contribution is -0.137. The lowest BCUT2D eigenvalue weighted by atomic mass is 10.2. The lowest BCUT2D eigenvalue weighted by Gasteiger charge is -1.85. The zero-order valence-electron chi connectivity index (χ0n) is 4.46. The fraction of sp³-hybridized carbons (Fsp3) is 0.800. The zero-order valence-corrected chi connectivity index (χ0v) is 4.46. The van der Waals surface area contributed by atoms with Crippen LogP contribution in [0.15, 0.2) is 0 Å². The first kappa shape index (κ1) is 5.56. The average Bonchev–Trinajstić information content (AvgIpc) is 2.41. The van der Waals surface area contributed by atoms with Gasteiger partial charge in [-0.3, -0.25) is 4.79 Å². The molecule has 0 aromatic carbocycles. The minimum Gasteiger partial charge on any atom is -0.481 e. The molecule has 1 heterocycles. The van der Waals surface area contributed by atoms with Crippen LogP contribution in [0.25, 0.3) is 0 Å². The molecule has 0 saturated carbocycles. The Bertz CT molecular complexity index is 95.8.